The summed E-state index contributed by atoms with van der Waals surface area (Å²) >= 11 is 0. The molecule has 3 heteroatoms. The molecule has 3 nitrogen and oxygen atoms in total. The first kappa shape index (κ1) is 9.29. The fourth-order valence-corrected chi connectivity index (χ4v) is 2.55. The van der Waals surface area contributed by atoms with Gasteiger partial charge in [-0.1, -0.05) is 12.0 Å². The van der Waals surface area contributed by atoms with Crippen molar-refractivity contribution in [2.24, 2.45) is 11.8 Å². The monoisotopic (exact) mass is 214 g/mol. The molecule has 0 bridgehead atoms. The zero-order chi connectivity index (χ0) is 11.3. The Bertz CT molecular complexity index is 512. The van der Waals surface area contributed by atoms with Gasteiger partial charge in [0, 0.05) is 17.4 Å². The molecule has 0 amide bonds. The molecule has 3 rings (SSSR count). The molecule has 0 saturated heterocycles. The van der Waals surface area contributed by atoms with Gasteiger partial charge in [0.1, 0.15) is 5.75 Å². The maximum atomic E-state index is 11.0. The predicted molar refractivity (Wildman–Crippen MR) is 57.2 cm³/mol. The van der Waals surface area contributed by atoms with Crippen molar-refractivity contribution in [2.45, 2.75) is 5.92 Å². The second kappa shape index (κ2) is 3.02. The van der Waals surface area contributed by atoms with Crippen LogP contribution in [0.5, 0.6) is 5.75 Å². The van der Waals surface area contributed by atoms with Crippen LogP contribution in [-0.4, -0.2) is 17.7 Å². The fourth-order valence-electron chi connectivity index (χ4n) is 2.55. The normalized spacial score (nSPS) is 29.3. The molecule has 1 aromatic rings. The summed E-state index contributed by atoms with van der Waals surface area (Å²) in [6.07, 6.45) is 5.30. The van der Waals surface area contributed by atoms with E-state index in [0.29, 0.717) is 6.61 Å². The first-order valence-corrected chi connectivity index (χ1v) is 5.18. The molecular weight excluding hydrogens is 204 g/mol. The van der Waals surface area contributed by atoms with Crippen LogP contribution >= 0.6 is 0 Å². The summed E-state index contributed by atoms with van der Waals surface area (Å²) in [5.41, 5.74) is 1.76. The van der Waals surface area contributed by atoms with E-state index in [9.17, 15) is 4.79 Å². The molecule has 80 valence electrons. The lowest BCUT2D eigenvalue weighted by Crippen LogP contribution is -2.09. The highest BCUT2D eigenvalue weighted by molar-refractivity contribution is 5.77. The Labute approximate surface area is 93.0 Å². The largest absolute Gasteiger partial charge is 0.493 e. The lowest BCUT2D eigenvalue weighted by atomic mass is 10.0. The Hall–Kier alpha value is -1.95. The third-order valence-corrected chi connectivity index (χ3v) is 3.42. The van der Waals surface area contributed by atoms with Gasteiger partial charge in [0.25, 0.3) is 0 Å². The van der Waals surface area contributed by atoms with Crippen molar-refractivity contribution in [1.82, 2.24) is 0 Å². The average Bonchev–Trinajstić information content (AvgIpc) is 3.02. The highest BCUT2D eigenvalue weighted by Gasteiger charge is 2.58. The van der Waals surface area contributed by atoms with Crippen molar-refractivity contribution in [3.63, 3.8) is 0 Å². The van der Waals surface area contributed by atoms with Crippen LogP contribution in [0, 0.1) is 24.2 Å². The molecule has 1 aliphatic heterocycles. The van der Waals surface area contributed by atoms with Gasteiger partial charge in [0.15, 0.2) is 0 Å². The number of terminal acetylenes is 1. The fraction of sp³-hybridized carbons (Fsp3) is 0.308. The van der Waals surface area contributed by atoms with Gasteiger partial charge in [-0.05, 0) is 17.7 Å². The van der Waals surface area contributed by atoms with E-state index in [2.05, 4.69) is 5.92 Å². The molecule has 1 N–H and O–H groups in total. The summed E-state index contributed by atoms with van der Waals surface area (Å²) in [4.78, 5) is 11.0. The van der Waals surface area contributed by atoms with Gasteiger partial charge in [-0.25, -0.2) is 0 Å². The van der Waals surface area contributed by atoms with Crippen LogP contribution in [0.3, 0.4) is 0 Å². The van der Waals surface area contributed by atoms with Gasteiger partial charge in [-0.15, -0.1) is 6.42 Å². The van der Waals surface area contributed by atoms with Gasteiger partial charge in [-0.2, -0.15) is 0 Å². The predicted octanol–water partition coefficient (Wildman–Crippen LogP) is 1.47. The molecule has 0 unspecified atom stereocenters. The molecule has 1 fully saturated rings. The van der Waals surface area contributed by atoms with Crippen LogP contribution in [0.1, 0.15) is 17.0 Å². The summed E-state index contributed by atoms with van der Waals surface area (Å²) in [5, 5.41) is 9.02. The maximum absolute atomic E-state index is 11.0. The Kier molecular flexibility index (Phi) is 1.75. The number of rotatable bonds is 1. The van der Waals surface area contributed by atoms with Gasteiger partial charge in [0.2, 0.25) is 0 Å². The molecule has 1 saturated carbocycles. The van der Waals surface area contributed by atoms with Gasteiger partial charge >= 0.3 is 5.97 Å². The summed E-state index contributed by atoms with van der Waals surface area (Å²) < 4.78 is 5.54. The number of ether oxygens (including phenoxy) is 1. The molecule has 16 heavy (non-hydrogen) atoms. The van der Waals surface area contributed by atoms with Crippen LogP contribution in [0.2, 0.25) is 0 Å². The molecule has 1 aromatic carbocycles. The smallest absolute Gasteiger partial charge is 0.307 e. The van der Waals surface area contributed by atoms with Crippen LogP contribution in [0.25, 0.3) is 0 Å². The number of benzene rings is 1. The SMILES string of the molecule is C#Cc1ccc2c(c1)OC[C@H]1[C@@H](C(=O)O)[C@@H]21. The molecule has 2 aliphatic rings. The van der Waals surface area contributed by atoms with E-state index in [-0.39, 0.29) is 17.8 Å². The van der Waals surface area contributed by atoms with E-state index in [1.165, 1.54) is 0 Å². The third kappa shape index (κ3) is 1.13. The number of hydrogen-bond acceptors (Lipinski definition) is 2. The van der Waals surface area contributed by atoms with E-state index < -0.39 is 5.97 Å². The Morgan fingerprint density at radius 2 is 2.38 bits per heavy atom. The number of hydrogen-bond donors (Lipinski definition) is 1. The van der Waals surface area contributed by atoms with Crippen molar-refractivity contribution < 1.29 is 14.6 Å². The number of carbonyl (C=O) groups is 1. The standard InChI is InChI=1S/C13H10O3/c1-2-7-3-4-8-10(5-7)16-6-9-11(8)12(9)13(14)15/h1,3-5,9,11-12H,6H2,(H,14,15)/t9-,11+,12-/m1/s1. The number of aliphatic carboxylic acids is 1. The highest BCUT2D eigenvalue weighted by atomic mass is 16.5. The molecule has 3 atom stereocenters. The first-order valence-electron chi connectivity index (χ1n) is 5.18. The van der Waals surface area contributed by atoms with Crippen molar-refractivity contribution >= 4 is 5.97 Å². The van der Waals surface area contributed by atoms with Gasteiger partial charge < -0.3 is 9.84 Å². The number of carboxylic acid groups (broad SMARTS) is 1. The molecular formula is C13H10O3. The quantitative estimate of drug-likeness (QED) is 0.720. The van der Waals surface area contributed by atoms with Gasteiger partial charge in [-0.3, -0.25) is 4.79 Å². The van der Waals surface area contributed by atoms with E-state index in [0.717, 1.165) is 16.9 Å². The summed E-state index contributed by atoms with van der Waals surface area (Å²) in [6, 6.07) is 5.54. The molecule has 0 aromatic heterocycles. The Morgan fingerprint density at radius 3 is 3.06 bits per heavy atom. The summed E-state index contributed by atoms with van der Waals surface area (Å²) in [5.74, 6) is 2.54. The topological polar surface area (TPSA) is 46.5 Å². The van der Waals surface area contributed by atoms with Crippen LogP contribution in [0.4, 0.5) is 0 Å². The van der Waals surface area contributed by atoms with E-state index in [4.69, 9.17) is 16.3 Å². The highest BCUT2D eigenvalue weighted by Crippen LogP contribution is 2.59. The van der Waals surface area contributed by atoms with Crippen LogP contribution in [-0.2, 0) is 4.79 Å². The molecule has 0 radical (unpaired) electrons. The molecule has 0 spiro atoms. The van der Waals surface area contributed by atoms with Crippen molar-refractivity contribution in [3.05, 3.63) is 29.3 Å². The van der Waals surface area contributed by atoms with Gasteiger partial charge in [0.05, 0.1) is 12.5 Å². The first-order chi connectivity index (χ1) is 7.72. The van der Waals surface area contributed by atoms with Crippen LogP contribution in [0.15, 0.2) is 18.2 Å². The second-order valence-electron chi connectivity index (χ2n) is 4.26. The lowest BCUT2D eigenvalue weighted by molar-refractivity contribution is -0.139. The average molecular weight is 214 g/mol. The third-order valence-electron chi connectivity index (χ3n) is 3.42. The minimum atomic E-state index is -0.729. The zero-order valence-electron chi connectivity index (χ0n) is 8.51. The Balaban J connectivity index is 2.00. The van der Waals surface area contributed by atoms with E-state index >= 15 is 0 Å². The Morgan fingerprint density at radius 1 is 1.56 bits per heavy atom. The zero-order valence-corrected chi connectivity index (χ0v) is 8.51. The maximum Gasteiger partial charge on any atom is 0.307 e. The minimum absolute atomic E-state index is 0.119. The second-order valence-corrected chi connectivity index (χ2v) is 4.26. The molecule has 1 heterocycles. The van der Waals surface area contributed by atoms with Crippen LogP contribution < -0.4 is 4.74 Å². The summed E-state index contributed by atoms with van der Waals surface area (Å²) in [6.45, 7) is 0.489. The number of fused-ring (bicyclic) bond motifs is 3. The minimum Gasteiger partial charge on any atom is -0.493 e. The van der Waals surface area contributed by atoms with Crippen molar-refractivity contribution in [2.75, 3.05) is 6.61 Å². The molecule has 1 aliphatic carbocycles. The van der Waals surface area contributed by atoms with E-state index in [1.807, 2.05) is 18.2 Å². The summed E-state index contributed by atoms with van der Waals surface area (Å²) in [7, 11) is 0. The van der Waals surface area contributed by atoms with Crippen molar-refractivity contribution in [1.29, 1.82) is 0 Å². The number of carboxylic acids is 1. The van der Waals surface area contributed by atoms with E-state index in [1.54, 1.807) is 0 Å². The lowest BCUT2D eigenvalue weighted by Gasteiger charge is -2.16. The van der Waals surface area contributed by atoms with Crippen molar-refractivity contribution in [3.8, 4) is 18.1 Å².